The predicted molar refractivity (Wildman–Crippen MR) is 73.7 cm³/mol. The highest BCUT2D eigenvalue weighted by atomic mass is 16.2. The summed E-state index contributed by atoms with van der Waals surface area (Å²) < 4.78 is 0. The summed E-state index contributed by atoms with van der Waals surface area (Å²) in [6.45, 7) is 5.58. The molecule has 2 rings (SSSR count). The lowest BCUT2D eigenvalue weighted by Crippen LogP contribution is -2.46. The molecule has 2 fully saturated rings. The van der Waals surface area contributed by atoms with Crippen molar-refractivity contribution in [3.8, 4) is 0 Å². The minimum atomic E-state index is -0.292. The van der Waals surface area contributed by atoms with E-state index in [1.165, 1.54) is 0 Å². The van der Waals surface area contributed by atoms with Crippen molar-refractivity contribution < 1.29 is 9.59 Å². The van der Waals surface area contributed by atoms with E-state index in [4.69, 9.17) is 0 Å². The number of hydrogen-bond donors (Lipinski definition) is 2. The van der Waals surface area contributed by atoms with E-state index in [0.29, 0.717) is 0 Å². The Hall–Kier alpha value is -1.10. The highest BCUT2D eigenvalue weighted by molar-refractivity contribution is 5.88. The third kappa shape index (κ3) is 3.26. The first-order chi connectivity index (χ1) is 9.18. The molecule has 19 heavy (non-hydrogen) atoms. The minimum absolute atomic E-state index is 0.0481. The molecule has 2 amide bonds. The third-order valence-corrected chi connectivity index (χ3v) is 4.31. The lowest BCUT2D eigenvalue weighted by molar-refractivity contribution is -0.135. The predicted octanol–water partition coefficient (Wildman–Crippen LogP) is 0.505. The van der Waals surface area contributed by atoms with E-state index >= 15 is 0 Å². The van der Waals surface area contributed by atoms with E-state index in [1.807, 2.05) is 4.90 Å². The van der Waals surface area contributed by atoms with Crippen molar-refractivity contribution in [2.24, 2.45) is 5.41 Å². The minimum Gasteiger partial charge on any atom is -0.347 e. The molecule has 0 radical (unpaired) electrons. The van der Waals surface area contributed by atoms with Crippen LogP contribution in [0.5, 0.6) is 0 Å². The van der Waals surface area contributed by atoms with Crippen LogP contribution in [0.4, 0.5) is 0 Å². The number of likely N-dealkylation sites (tertiary alicyclic amines) is 1. The molecule has 2 saturated heterocycles. The van der Waals surface area contributed by atoms with Crippen LogP contribution in [0.2, 0.25) is 0 Å². The van der Waals surface area contributed by atoms with Gasteiger partial charge in [0.1, 0.15) is 0 Å². The fourth-order valence-corrected chi connectivity index (χ4v) is 3.16. The van der Waals surface area contributed by atoms with Gasteiger partial charge in [-0.3, -0.25) is 9.59 Å². The lowest BCUT2D eigenvalue weighted by Gasteiger charge is -2.26. The second-order valence-corrected chi connectivity index (χ2v) is 5.73. The van der Waals surface area contributed by atoms with Crippen molar-refractivity contribution in [3.05, 3.63) is 0 Å². The molecular formula is C14H25N3O2. The van der Waals surface area contributed by atoms with E-state index in [0.717, 1.165) is 58.3 Å². The molecule has 0 saturated carbocycles. The average Bonchev–Trinajstić information content (AvgIpc) is 3.07. The van der Waals surface area contributed by atoms with Crippen molar-refractivity contribution in [2.45, 2.75) is 39.0 Å². The van der Waals surface area contributed by atoms with Gasteiger partial charge in [-0.1, -0.05) is 13.3 Å². The summed E-state index contributed by atoms with van der Waals surface area (Å²) in [4.78, 5) is 26.1. The maximum absolute atomic E-state index is 12.4. The van der Waals surface area contributed by atoms with Crippen LogP contribution in [0.15, 0.2) is 0 Å². The number of nitrogens with zero attached hydrogens (tertiary/aromatic N) is 1. The summed E-state index contributed by atoms with van der Waals surface area (Å²) >= 11 is 0. The van der Waals surface area contributed by atoms with Gasteiger partial charge in [0.25, 0.3) is 0 Å². The van der Waals surface area contributed by atoms with E-state index in [-0.39, 0.29) is 23.8 Å². The second-order valence-electron chi connectivity index (χ2n) is 5.73. The summed E-state index contributed by atoms with van der Waals surface area (Å²) in [5, 5.41) is 6.12. The number of rotatable bonds is 5. The van der Waals surface area contributed by atoms with Crippen LogP contribution in [0.3, 0.4) is 0 Å². The van der Waals surface area contributed by atoms with Gasteiger partial charge in [0.15, 0.2) is 0 Å². The summed E-state index contributed by atoms with van der Waals surface area (Å²) in [5.41, 5.74) is -0.292. The molecule has 0 bridgehead atoms. The van der Waals surface area contributed by atoms with E-state index < -0.39 is 0 Å². The second kappa shape index (κ2) is 6.37. The SMILES string of the molecule is CCCC1(C(=O)NCC(=O)N2CCCC2)CCNC1. The summed E-state index contributed by atoms with van der Waals surface area (Å²) in [6.07, 6.45) is 4.94. The molecule has 5 nitrogen and oxygen atoms in total. The van der Waals surface area contributed by atoms with Crippen LogP contribution < -0.4 is 10.6 Å². The Balaban J connectivity index is 1.83. The Bertz CT molecular complexity index is 332. The van der Waals surface area contributed by atoms with E-state index in [9.17, 15) is 9.59 Å². The van der Waals surface area contributed by atoms with Crippen LogP contribution in [-0.2, 0) is 9.59 Å². The van der Waals surface area contributed by atoms with E-state index in [1.54, 1.807) is 0 Å². The van der Waals surface area contributed by atoms with Crippen molar-refractivity contribution in [3.63, 3.8) is 0 Å². The van der Waals surface area contributed by atoms with Gasteiger partial charge in [0.05, 0.1) is 12.0 Å². The molecule has 108 valence electrons. The fraction of sp³-hybridized carbons (Fsp3) is 0.857. The Morgan fingerprint density at radius 3 is 2.63 bits per heavy atom. The molecular weight excluding hydrogens is 242 g/mol. The fourth-order valence-electron chi connectivity index (χ4n) is 3.16. The molecule has 0 spiro atoms. The standard InChI is InChI=1S/C14H25N3O2/c1-2-5-14(6-7-15-11-14)13(19)16-10-12(18)17-8-3-4-9-17/h15H,2-11H2,1H3,(H,16,19). The van der Waals surface area contributed by atoms with Gasteiger partial charge in [-0.05, 0) is 32.2 Å². The Morgan fingerprint density at radius 2 is 2.05 bits per heavy atom. The van der Waals surface area contributed by atoms with Gasteiger partial charge in [-0.2, -0.15) is 0 Å². The average molecular weight is 267 g/mol. The maximum Gasteiger partial charge on any atom is 0.241 e. The monoisotopic (exact) mass is 267 g/mol. The summed E-state index contributed by atoms with van der Waals surface area (Å²) in [6, 6.07) is 0. The lowest BCUT2D eigenvalue weighted by atomic mass is 9.81. The Morgan fingerprint density at radius 1 is 1.32 bits per heavy atom. The number of nitrogens with one attached hydrogen (secondary N) is 2. The van der Waals surface area contributed by atoms with Crippen molar-refractivity contribution in [1.29, 1.82) is 0 Å². The quantitative estimate of drug-likeness (QED) is 0.763. The van der Waals surface area contributed by atoms with Gasteiger partial charge >= 0.3 is 0 Å². The molecule has 1 atom stereocenters. The summed E-state index contributed by atoms with van der Waals surface area (Å²) in [5.74, 6) is 0.107. The zero-order valence-electron chi connectivity index (χ0n) is 11.8. The molecule has 0 aromatic carbocycles. The topological polar surface area (TPSA) is 61.4 Å². The van der Waals surface area contributed by atoms with Crippen LogP contribution in [0.25, 0.3) is 0 Å². The number of carbonyl (C=O) groups excluding carboxylic acids is 2. The van der Waals surface area contributed by atoms with Gasteiger partial charge < -0.3 is 15.5 Å². The molecule has 2 heterocycles. The molecule has 2 N–H and O–H groups in total. The summed E-state index contributed by atoms with van der Waals surface area (Å²) in [7, 11) is 0. The zero-order chi connectivity index (χ0) is 13.7. The smallest absolute Gasteiger partial charge is 0.241 e. The maximum atomic E-state index is 12.4. The third-order valence-electron chi connectivity index (χ3n) is 4.31. The molecule has 2 aliphatic heterocycles. The van der Waals surface area contributed by atoms with Crippen molar-refractivity contribution in [1.82, 2.24) is 15.5 Å². The van der Waals surface area contributed by atoms with Crippen LogP contribution in [0, 0.1) is 5.41 Å². The largest absolute Gasteiger partial charge is 0.347 e. The molecule has 1 unspecified atom stereocenters. The zero-order valence-corrected chi connectivity index (χ0v) is 11.8. The number of amides is 2. The molecule has 0 aromatic heterocycles. The normalized spacial score (nSPS) is 26.7. The van der Waals surface area contributed by atoms with Crippen molar-refractivity contribution >= 4 is 11.8 Å². The Labute approximate surface area is 115 Å². The van der Waals surface area contributed by atoms with Crippen molar-refractivity contribution in [2.75, 3.05) is 32.7 Å². The molecule has 2 aliphatic rings. The van der Waals surface area contributed by atoms with E-state index in [2.05, 4.69) is 17.6 Å². The number of carbonyl (C=O) groups is 2. The highest BCUT2D eigenvalue weighted by Gasteiger charge is 2.40. The van der Waals surface area contributed by atoms with Crippen LogP contribution >= 0.6 is 0 Å². The first-order valence-corrected chi connectivity index (χ1v) is 7.45. The molecule has 0 aliphatic carbocycles. The molecule has 0 aromatic rings. The highest BCUT2D eigenvalue weighted by Crippen LogP contribution is 2.31. The Kier molecular flexibility index (Phi) is 4.80. The number of hydrogen-bond acceptors (Lipinski definition) is 3. The van der Waals surface area contributed by atoms with Gasteiger partial charge in [-0.15, -0.1) is 0 Å². The van der Waals surface area contributed by atoms with Gasteiger partial charge in [-0.25, -0.2) is 0 Å². The van der Waals surface area contributed by atoms with Gasteiger partial charge in [0.2, 0.25) is 11.8 Å². The first kappa shape index (κ1) is 14.3. The molecule has 5 heteroatoms. The van der Waals surface area contributed by atoms with Gasteiger partial charge in [0, 0.05) is 19.6 Å². The first-order valence-electron chi connectivity index (χ1n) is 7.45. The van der Waals surface area contributed by atoms with Crippen LogP contribution in [-0.4, -0.2) is 49.4 Å². The van der Waals surface area contributed by atoms with Crippen LogP contribution in [0.1, 0.15) is 39.0 Å².